The second-order valence-corrected chi connectivity index (χ2v) is 5.72. The quantitative estimate of drug-likeness (QED) is 0.620. The first kappa shape index (κ1) is 15.9. The molecule has 21 heavy (non-hydrogen) atoms. The van der Waals surface area contributed by atoms with Gasteiger partial charge in [0.15, 0.2) is 5.69 Å². The van der Waals surface area contributed by atoms with Crippen molar-refractivity contribution in [2.24, 2.45) is 0 Å². The van der Waals surface area contributed by atoms with Gasteiger partial charge in [0.2, 0.25) is 0 Å². The molecule has 2 rings (SSSR count). The zero-order chi connectivity index (χ0) is 15.2. The molecule has 1 aromatic heterocycles. The molecule has 1 N–H and O–H groups in total. The normalized spacial score (nSPS) is 10.4. The number of esters is 1. The Hall–Kier alpha value is -1.47. The molecule has 7 heteroatoms. The summed E-state index contributed by atoms with van der Waals surface area (Å²) in [4.78, 5) is 12.8. The smallest absolute Gasteiger partial charge is 0.357 e. The van der Waals surface area contributed by atoms with Gasteiger partial charge in [0.05, 0.1) is 11.1 Å². The van der Waals surface area contributed by atoms with Gasteiger partial charge in [-0.3, -0.25) is 5.10 Å². The Labute approximate surface area is 135 Å². The Morgan fingerprint density at radius 3 is 2.71 bits per heavy atom. The van der Waals surface area contributed by atoms with Crippen molar-refractivity contribution < 1.29 is 14.3 Å². The number of rotatable bonds is 6. The van der Waals surface area contributed by atoms with Gasteiger partial charge in [-0.2, -0.15) is 5.10 Å². The highest BCUT2D eigenvalue weighted by Gasteiger charge is 2.18. The molecule has 0 aliphatic rings. The number of thioether (sulfide) groups is 1. The lowest BCUT2D eigenvalue weighted by Gasteiger charge is -2.05. The number of ether oxygens (including phenoxy) is 2. The van der Waals surface area contributed by atoms with Crippen molar-refractivity contribution in [3.05, 3.63) is 40.1 Å². The summed E-state index contributed by atoms with van der Waals surface area (Å²) in [6.45, 7) is 2.33. The predicted molar refractivity (Wildman–Crippen MR) is 84.8 cm³/mol. The van der Waals surface area contributed by atoms with Crippen LogP contribution in [0.1, 0.15) is 23.1 Å². The van der Waals surface area contributed by atoms with Crippen LogP contribution in [0.15, 0.2) is 33.6 Å². The molecule has 112 valence electrons. The minimum absolute atomic E-state index is 0.259. The van der Waals surface area contributed by atoms with E-state index < -0.39 is 5.97 Å². The fourth-order valence-corrected chi connectivity index (χ4v) is 2.49. The third-order valence-electron chi connectivity index (χ3n) is 2.69. The van der Waals surface area contributed by atoms with Gasteiger partial charge in [0, 0.05) is 4.90 Å². The van der Waals surface area contributed by atoms with Crippen molar-refractivity contribution in [1.29, 1.82) is 0 Å². The van der Waals surface area contributed by atoms with Crippen molar-refractivity contribution in [3.8, 4) is 5.75 Å². The molecule has 0 radical (unpaired) electrons. The highest BCUT2D eigenvalue weighted by Crippen LogP contribution is 2.23. The van der Waals surface area contributed by atoms with Crippen LogP contribution in [-0.2, 0) is 11.3 Å². The Balaban J connectivity index is 2.01. The largest absolute Gasteiger partial charge is 0.487 e. The first-order valence-corrected chi connectivity index (χ1v) is 8.34. The van der Waals surface area contributed by atoms with Gasteiger partial charge in [-0.1, -0.05) is 0 Å². The molecule has 0 bridgehead atoms. The molecule has 0 amide bonds. The number of carbonyl (C=O) groups is 1. The highest BCUT2D eigenvalue weighted by molar-refractivity contribution is 9.10. The molecular weight excluding hydrogens is 356 g/mol. The standard InChI is InChI=1S/C14H15BrN2O3S/c1-3-19-14(18)13-12(15)11(16-17-13)8-20-9-4-6-10(21-2)7-5-9/h4-7H,3,8H2,1-2H3,(H,16,17). The number of benzene rings is 1. The molecule has 5 nitrogen and oxygen atoms in total. The minimum atomic E-state index is -0.438. The molecule has 0 spiro atoms. The van der Waals surface area contributed by atoms with Crippen molar-refractivity contribution in [1.82, 2.24) is 10.2 Å². The van der Waals surface area contributed by atoms with Gasteiger partial charge in [-0.25, -0.2) is 4.79 Å². The number of halogens is 1. The maximum Gasteiger partial charge on any atom is 0.357 e. The Morgan fingerprint density at radius 1 is 1.38 bits per heavy atom. The number of hydrogen-bond donors (Lipinski definition) is 1. The highest BCUT2D eigenvalue weighted by atomic mass is 79.9. The van der Waals surface area contributed by atoms with E-state index in [9.17, 15) is 4.79 Å². The van der Waals surface area contributed by atoms with Gasteiger partial charge in [0.1, 0.15) is 18.1 Å². The topological polar surface area (TPSA) is 64.2 Å². The lowest BCUT2D eigenvalue weighted by molar-refractivity contribution is 0.0518. The summed E-state index contributed by atoms with van der Waals surface area (Å²) in [7, 11) is 0. The molecule has 0 atom stereocenters. The molecule has 0 unspecified atom stereocenters. The maximum absolute atomic E-state index is 11.7. The van der Waals surface area contributed by atoms with Crippen molar-refractivity contribution in [2.75, 3.05) is 12.9 Å². The zero-order valence-electron chi connectivity index (χ0n) is 11.7. The number of H-pyrrole nitrogens is 1. The number of nitrogens with one attached hydrogen (secondary N) is 1. The Morgan fingerprint density at radius 2 is 2.10 bits per heavy atom. The number of nitrogens with zero attached hydrogens (tertiary/aromatic N) is 1. The van der Waals surface area contributed by atoms with E-state index in [1.54, 1.807) is 18.7 Å². The molecule has 0 aliphatic carbocycles. The molecule has 1 aromatic carbocycles. The predicted octanol–water partition coefficient (Wildman–Crippen LogP) is 3.65. The van der Waals surface area contributed by atoms with Crippen LogP contribution >= 0.6 is 27.7 Å². The van der Waals surface area contributed by atoms with Gasteiger partial charge in [-0.05, 0) is 53.4 Å². The molecule has 2 aromatic rings. The van der Waals surface area contributed by atoms with Crippen LogP contribution in [0.4, 0.5) is 0 Å². The van der Waals surface area contributed by atoms with Crippen LogP contribution in [0.2, 0.25) is 0 Å². The SMILES string of the molecule is CCOC(=O)c1[nH]nc(COc2ccc(SC)cc2)c1Br. The molecular formula is C14H15BrN2O3S. The monoisotopic (exact) mass is 370 g/mol. The second kappa shape index (κ2) is 7.51. The van der Waals surface area contributed by atoms with E-state index in [4.69, 9.17) is 9.47 Å². The molecule has 0 fully saturated rings. The van der Waals surface area contributed by atoms with Crippen molar-refractivity contribution in [2.45, 2.75) is 18.4 Å². The lowest BCUT2D eigenvalue weighted by atomic mass is 10.3. The number of aromatic amines is 1. The third kappa shape index (κ3) is 4.01. The Bertz CT molecular complexity index is 613. The van der Waals surface area contributed by atoms with Crippen molar-refractivity contribution in [3.63, 3.8) is 0 Å². The van der Waals surface area contributed by atoms with E-state index in [0.29, 0.717) is 22.5 Å². The fraction of sp³-hybridized carbons (Fsp3) is 0.286. The summed E-state index contributed by atoms with van der Waals surface area (Å²) >= 11 is 5.01. The average Bonchev–Trinajstić information content (AvgIpc) is 2.87. The van der Waals surface area contributed by atoms with E-state index in [1.807, 2.05) is 30.5 Å². The first-order chi connectivity index (χ1) is 10.2. The van der Waals surface area contributed by atoms with Crippen LogP contribution < -0.4 is 4.74 Å². The summed E-state index contributed by atoms with van der Waals surface area (Å²) in [5.74, 6) is 0.313. The zero-order valence-corrected chi connectivity index (χ0v) is 14.1. The van der Waals surface area contributed by atoms with Gasteiger partial charge >= 0.3 is 5.97 Å². The number of aromatic nitrogens is 2. The summed E-state index contributed by atoms with van der Waals surface area (Å²) in [5.41, 5.74) is 0.917. The molecule has 0 saturated carbocycles. The van der Waals surface area contributed by atoms with Crippen LogP contribution in [0.5, 0.6) is 5.75 Å². The van der Waals surface area contributed by atoms with Crippen LogP contribution in [0.3, 0.4) is 0 Å². The van der Waals surface area contributed by atoms with Gasteiger partial charge in [0.25, 0.3) is 0 Å². The summed E-state index contributed by atoms with van der Waals surface area (Å²) < 4.78 is 11.1. The minimum Gasteiger partial charge on any atom is -0.487 e. The molecule has 0 aliphatic heterocycles. The average molecular weight is 371 g/mol. The van der Waals surface area contributed by atoms with Crippen LogP contribution in [0.25, 0.3) is 0 Å². The second-order valence-electron chi connectivity index (χ2n) is 4.04. The summed E-state index contributed by atoms with van der Waals surface area (Å²) in [5, 5.41) is 6.72. The number of hydrogen-bond acceptors (Lipinski definition) is 5. The number of carbonyl (C=O) groups excluding carboxylic acids is 1. The molecule has 1 heterocycles. The van der Waals surface area contributed by atoms with E-state index in [1.165, 1.54) is 4.90 Å². The van der Waals surface area contributed by atoms with Crippen LogP contribution in [-0.4, -0.2) is 29.0 Å². The van der Waals surface area contributed by atoms with E-state index in [0.717, 1.165) is 5.75 Å². The Kier molecular flexibility index (Phi) is 5.69. The summed E-state index contributed by atoms with van der Waals surface area (Å²) in [6.07, 6.45) is 2.02. The van der Waals surface area contributed by atoms with Gasteiger partial charge in [-0.15, -0.1) is 11.8 Å². The lowest BCUT2D eigenvalue weighted by Crippen LogP contribution is -2.05. The summed E-state index contributed by atoms with van der Waals surface area (Å²) in [6, 6.07) is 7.78. The maximum atomic E-state index is 11.7. The van der Waals surface area contributed by atoms with Gasteiger partial charge < -0.3 is 9.47 Å². The third-order valence-corrected chi connectivity index (χ3v) is 4.29. The van der Waals surface area contributed by atoms with E-state index in [2.05, 4.69) is 26.1 Å². The van der Waals surface area contributed by atoms with Crippen LogP contribution in [0, 0.1) is 0 Å². The first-order valence-electron chi connectivity index (χ1n) is 6.32. The van der Waals surface area contributed by atoms with E-state index >= 15 is 0 Å². The molecule has 0 saturated heterocycles. The van der Waals surface area contributed by atoms with E-state index in [-0.39, 0.29) is 6.61 Å². The van der Waals surface area contributed by atoms with Crippen molar-refractivity contribution >= 4 is 33.7 Å². The fourth-order valence-electron chi connectivity index (χ4n) is 1.62.